The first-order valence-corrected chi connectivity index (χ1v) is 6.12. The van der Waals surface area contributed by atoms with Gasteiger partial charge in [-0.05, 0) is 13.8 Å². The molecule has 1 N–H and O–H groups in total. The minimum absolute atomic E-state index is 0.0151. The number of fused-ring (bicyclic) bond motifs is 1. The highest BCUT2D eigenvalue weighted by molar-refractivity contribution is 6.27. The Hall–Kier alpha value is -1.94. The summed E-state index contributed by atoms with van der Waals surface area (Å²) in [6, 6.07) is 6.65. The summed E-state index contributed by atoms with van der Waals surface area (Å²) in [7, 11) is 0. The molecule has 0 saturated carbocycles. The molecule has 1 aliphatic heterocycles. The standard InChI is InChI=1S/C15H14O4/c1-14(2)10-11(16)8-6-4-5-7-9(8)12(17)13(10)19-15(14,3)18/h4-7,18H,1-3H3/t15-/m0/s1. The monoisotopic (exact) mass is 258 g/mol. The molecule has 98 valence electrons. The molecular formula is C15H14O4. The van der Waals surface area contributed by atoms with Gasteiger partial charge < -0.3 is 9.84 Å². The Labute approximate surface area is 110 Å². The zero-order valence-corrected chi connectivity index (χ0v) is 11.0. The summed E-state index contributed by atoms with van der Waals surface area (Å²) in [5.74, 6) is -2.16. The van der Waals surface area contributed by atoms with Gasteiger partial charge in [0.05, 0.1) is 11.0 Å². The molecular weight excluding hydrogens is 244 g/mol. The second kappa shape index (κ2) is 3.33. The highest BCUT2D eigenvalue weighted by Gasteiger charge is 2.57. The zero-order chi connectivity index (χ0) is 14.0. The predicted molar refractivity (Wildman–Crippen MR) is 67.6 cm³/mol. The zero-order valence-electron chi connectivity index (χ0n) is 11.0. The van der Waals surface area contributed by atoms with Crippen molar-refractivity contribution in [3.63, 3.8) is 0 Å². The molecule has 0 amide bonds. The lowest BCUT2D eigenvalue weighted by Gasteiger charge is -2.32. The van der Waals surface area contributed by atoms with E-state index in [1.807, 2.05) is 0 Å². The van der Waals surface area contributed by atoms with Gasteiger partial charge in [0, 0.05) is 18.1 Å². The first-order chi connectivity index (χ1) is 8.77. The number of hydrogen-bond acceptors (Lipinski definition) is 4. The molecule has 4 nitrogen and oxygen atoms in total. The second-order valence-electron chi connectivity index (χ2n) is 5.62. The van der Waals surface area contributed by atoms with E-state index in [4.69, 9.17) is 4.74 Å². The number of carbonyl (C=O) groups is 2. The molecule has 4 heteroatoms. The summed E-state index contributed by atoms with van der Waals surface area (Å²) in [5, 5.41) is 10.3. The maximum Gasteiger partial charge on any atom is 0.228 e. The molecule has 2 aliphatic rings. The van der Waals surface area contributed by atoms with Gasteiger partial charge in [0.2, 0.25) is 11.6 Å². The summed E-state index contributed by atoms with van der Waals surface area (Å²) in [5.41, 5.74) is 0.0457. The van der Waals surface area contributed by atoms with E-state index in [-0.39, 0.29) is 22.9 Å². The third-order valence-electron chi connectivity index (χ3n) is 4.16. The molecule has 3 rings (SSSR count). The van der Waals surface area contributed by atoms with Crippen LogP contribution in [0.2, 0.25) is 0 Å². The predicted octanol–water partition coefficient (Wildman–Crippen LogP) is 2.08. The van der Waals surface area contributed by atoms with Crippen LogP contribution in [0.25, 0.3) is 0 Å². The molecule has 0 saturated heterocycles. The van der Waals surface area contributed by atoms with Crippen molar-refractivity contribution in [2.75, 3.05) is 0 Å². The van der Waals surface area contributed by atoms with E-state index in [0.29, 0.717) is 11.1 Å². The van der Waals surface area contributed by atoms with Crippen LogP contribution >= 0.6 is 0 Å². The van der Waals surface area contributed by atoms with Crippen LogP contribution in [-0.4, -0.2) is 22.5 Å². The van der Waals surface area contributed by atoms with Crippen LogP contribution in [0.15, 0.2) is 35.6 Å². The molecule has 19 heavy (non-hydrogen) atoms. The number of ether oxygens (including phenoxy) is 1. The number of Topliss-reactive ketones (excluding diaryl/α,β-unsaturated/α-hetero) is 2. The van der Waals surface area contributed by atoms with E-state index in [1.165, 1.54) is 6.92 Å². The molecule has 0 bridgehead atoms. The van der Waals surface area contributed by atoms with Crippen molar-refractivity contribution in [2.24, 2.45) is 5.41 Å². The van der Waals surface area contributed by atoms with Crippen molar-refractivity contribution in [3.05, 3.63) is 46.7 Å². The average molecular weight is 258 g/mol. The largest absolute Gasteiger partial charge is 0.457 e. The topological polar surface area (TPSA) is 63.6 Å². The number of rotatable bonds is 0. The highest BCUT2D eigenvalue weighted by atomic mass is 16.6. The summed E-state index contributed by atoms with van der Waals surface area (Å²) < 4.78 is 5.37. The smallest absolute Gasteiger partial charge is 0.228 e. The van der Waals surface area contributed by atoms with Gasteiger partial charge in [-0.2, -0.15) is 0 Å². The number of hydrogen-bond donors (Lipinski definition) is 1. The van der Waals surface area contributed by atoms with Crippen LogP contribution in [0.3, 0.4) is 0 Å². The van der Waals surface area contributed by atoms with Gasteiger partial charge in [0.1, 0.15) is 0 Å². The average Bonchev–Trinajstić information content (AvgIpc) is 2.53. The van der Waals surface area contributed by atoms with Crippen molar-refractivity contribution >= 4 is 11.6 Å². The van der Waals surface area contributed by atoms with Crippen LogP contribution in [0.4, 0.5) is 0 Å². The van der Waals surface area contributed by atoms with Gasteiger partial charge >= 0.3 is 0 Å². The summed E-state index contributed by atoms with van der Waals surface area (Å²) in [6.45, 7) is 4.87. The van der Waals surface area contributed by atoms with Crippen molar-refractivity contribution < 1.29 is 19.4 Å². The van der Waals surface area contributed by atoms with Crippen LogP contribution in [0.1, 0.15) is 41.5 Å². The molecule has 1 atom stereocenters. The SMILES string of the molecule is CC1(C)C2=C(O[C@]1(C)O)C(=O)c1ccccc1C2=O. The molecule has 1 heterocycles. The van der Waals surface area contributed by atoms with E-state index in [0.717, 1.165) is 0 Å². The molecule has 0 fully saturated rings. The van der Waals surface area contributed by atoms with Crippen LogP contribution < -0.4 is 0 Å². The van der Waals surface area contributed by atoms with Crippen molar-refractivity contribution in [1.82, 2.24) is 0 Å². The van der Waals surface area contributed by atoms with E-state index in [1.54, 1.807) is 38.1 Å². The number of allylic oxidation sites excluding steroid dienone is 1. The summed E-state index contributed by atoms with van der Waals surface area (Å²) in [6.07, 6.45) is 0. The van der Waals surface area contributed by atoms with E-state index < -0.39 is 11.2 Å². The Morgan fingerprint density at radius 1 is 1.00 bits per heavy atom. The van der Waals surface area contributed by atoms with Crippen LogP contribution in [-0.2, 0) is 4.74 Å². The first-order valence-electron chi connectivity index (χ1n) is 6.12. The minimum Gasteiger partial charge on any atom is -0.457 e. The molecule has 1 aromatic carbocycles. The first kappa shape index (κ1) is 12.1. The molecule has 0 aromatic heterocycles. The van der Waals surface area contributed by atoms with Crippen molar-refractivity contribution in [3.8, 4) is 0 Å². The van der Waals surface area contributed by atoms with E-state index in [9.17, 15) is 14.7 Å². The van der Waals surface area contributed by atoms with Gasteiger partial charge in [-0.15, -0.1) is 0 Å². The Bertz CT molecular complexity index is 650. The maximum atomic E-state index is 12.5. The molecule has 0 radical (unpaired) electrons. The number of benzene rings is 1. The van der Waals surface area contributed by atoms with Crippen LogP contribution in [0, 0.1) is 5.41 Å². The Balaban J connectivity index is 2.27. The Morgan fingerprint density at radius 2 is 1.53 bits per heavy atom. The fourth-order valence-electron chi connectivity index (χ4n) is 2.58. The lowest BCUT2D eigenvalue weighted by Crippen LogP contribution is -2.41. The highest BCUT2D eigenvalue weighted by Crippen LogP contribution is 2.51. The van der Waals surface area contributed by atoms with Gasteiger partial charge in [-0.3, -0.25) is 9.59 Å². The van der Waals surface area contributed by atoms with E-state index >= 15 is 0 Å². The molecule has 1 aliphatic carbocycles. The number of ketones is 2. The van der Waals surface area contributed by atoms with Gasteiger partial charge in [-0.1, -0.05) is 24.3 Å². The second-order valence-corrected chi connectivity index (χ2v) is 5.62. The molecule has 1 aromatic rings. The fourth-order valence-corrected chi connectivity index (χ4v) is 2.58. The Morgan fingerprint density at radius 3 is 2.11 bits per heavy atom. The van der Waals surface area contributed by atoms with Crippen molar-refractivity contribution in [2.45, 2.75) is 26.6 Å². The van der Waals surface area contributed by atoms with E-state index in [2.05, 4.69) is 0 Å². The quantitative estimate of drug-likeness (QED) is 0.774. The molecule has 0 spiro atoms. The number of carbonyl (C=O) groups excluding carboxylic acids is 2. The van der Waals surface area contributed by atoms with Gasteiger partial charge in [0.25, 0.3) is 0 Å². The third kappa shape index (κ3) is 1.32. The maximum absolute atomic E-state index is 12.5. The summed E-state index contributed by atoms with van der Waals surface area (Å²) >= 11 is 0. The third-order valence-corrected chi connectivity index (χ3v) is 4.16. The van der Waals surface area contributed by atoms with Gasteiger partial charge in [-0.25, -0.2) is 0 Å². The lowest BCUT2D eigenvalue weighted by atomic mass is 9.72. The van der Waals surface area contributed by atoms with Crippen LogP contribution in [0.5, 0.6) is 0 Å². The molecule has 0 unspecified atom stereocenters. The normalized spacial score (nSPS) is 28.0. The van der Waals surface area contributed by atoms with Crippen molar-refractivity contribution in [1.29, 1.82) is 0 Å². The number of aliphatic hydroxyl groups is 1. The Kier molecular flexibility index (Phi) is 2.12. The minimum atomic E-state index is -1.56. The lowest BCUT2D eigenvalue weighted by molar-refractivity contribution is -0.195. The summed E-state index contributed by atoms with van der Waals surface area (Å²) in [4.78, 5) is 24.9. The van der Waals surface area contributed by atoms with Gasteiger partial charge in [0.15, 0.2) is 11.5 Å². The fraction of sp³-hybridized carbons (Fsp3) is 0.333.